The number of hydrogen-bond acceptors (Lipinski definition) is 16. The summed E-state index contributed by atoms with van der Waals surface area (Å²) in [6.45, 7) is 29.2. The average molecular weight is 1840 g/mol. The number of pyridine rings is 4. The van der Waals surface area contributed by atoms with Gasteiger partial charge in [0.1, 0.15) is 15.5 Å². The van der Waals surface area contributed by atoms with E-state index in [0.29, 0.717) is 33.0 Å². The van der Waals surface area contributed by atoms with E-state index in [-0.39, 0.29) is 56.5 Å². The van der Waals surface area contributed by atoms with Crippen LogP contribution in [0.1, 0.15) is 167 Å². The molecule has 4 aromatic carbocycles. The maximum absolute atomic E-state index is 9.89. The third kappa shape index (κ3) is 15.8. The molecule has 29 heteroatoms. The lowest BCUT2D eigenvalue weighted by Gasteiger charge is -2.32. The van der Waals surface area contributed by atoms with Crippen molar-refractivity contribution in [2.45, 2.75) is 203 Å². The number of fused-ring (bicyclic) bond motifs is 4. The minimum Gasteiger partial charge on any atom is -0.399 e. The number of H-pyrrole nitrogens is 1. The van der Waals surface area contributed by atoms with Gasteiger partial charge in [-0.25, -0.2) is 42.1 Å². The first kappa shape index (κ1) is 85.1. The third-order valence-corrected chi connectivity index (χ3v) is 29.9. The van der Waals surface area contributed by atoms with Crippen molar-refractivity contribution in [3.05, 3.63) is 260 Å². The first-order chi connectivity index (χ1) is 60.3. The predicted octanol–water partition coefficient (Wildman–Crippen LogP) is 19.8. The van der Waals surface area contributed by atoms with Gasteiger partial charge >= 0.3 is 7.12 Å². The number of aryl methyl sites for hydroxylation is 2. The summed E-state index contributed by atoms with van der Waals surface area (Å²) >= 11 is 19.7. The Hall–Kier alpha value is -10.8. The quantitative estimate of drug-likeness (QED) is 0.0419. The van der Waals surface area contributed by atoms with E-state index in [1.54, 1.807) is 30.7 Å². The van der Waals surface area contributed by atoms with Crippen LogP contribution in [0.25, 0.3) is 81.6 Å². The normalized spacial score (nSPS) is 23.7. The van der Waals surface area contributed by atoms with E-state index < -0.39 is 0 Å². The van der Waals surface area contributed by atoms with Crippen LogP contribution in [0.4, 0.5) is 0 Å². The van der Waals surface area contributed by atoms with Crippen molar-refractivity contribution in [3.63, 3.8) is 0 Å². The fraction of sp³-hybridized carbons (Fsp3) is 0.396. The van der Waals surface area contributed by atoms with Gasteiger partial charge in [-0.05, 0) is 238 Å². The number of benzene rings is 4. The molecule has 125 heavy (non-hydrogen) atoms. The van der Waals surface area contributed by atoms with Crippen molar-refractivity contribution in [2.75, 3.05) is 14.1 Å². The number of halogens is 4. The summed E-state index contributed by atoms with van der Waals surface area (Å²) in [7, 11) is 3.81. The van der Waals surface area contributed by atoms with Gasteiger partial charge in [-0.2, -0.15) is 41.1 Å². The van der Waals surface area contributed by atoms with Gasteiger partial charge in [-0.3, -0.25) is 19.4 Å². The number of nitrogens with one attached hydrogen (secondary N) is 3. The van der Waals surface area contributed by atoms with E-state index in [2.05, 4.69) is 239 Å². The fourth-order valence-electron chi connectivity index (χ4n) is 19.3. The minimum atomic E-state index is -0.301. The van der Waals surface area contributed by atoms with Crippen LogP contribution in [0.5, 0.6) is 0 Å². The molecule has 6 atom stereocenters. The molecule has 1 saturated heterocycles. The zero-order chi connectivity index (χ0) is 87.1. The Kier molecular flexibility index (Phi) is 22.4. The maximum Gasteiger partial charge on any atom is 0.498 e. The molecule has 4 spiro atoms. The number of likely N-dealkylation sites (N-methyl/N-ethyl adjacent to an activating group) is 2. The molecule has 10 aliphatic rings. The van der Waals surface area contributed by atoms with Gasteiger partial charge < -0.3 is 29.6 Å². The second kappa shape index (κ2) is 32.9. The fourth-order valence-corrected chi connectivity index (χ4v) is 20.4. The van der Waals surface area contributed by atoms with E-state index in [1.165, 1.54) is 82.6 Å². The lowest BCUT2D eigenvalue weighted by atomic mass is 9.82. The van der Waals surface area contributed by atoms with Gasteiger partial charge in [0.15, 0.2) is 0 Å². The highest BCUT2D eigenvalue weighted by Gasteiger charge is 2.83. The van der Waals surface area contributed by atoms with Crippen LogP contribution in [0, 0.1) is 61.0 Å². The summed E-state index contributed by atoms with van der Waals surface area (Å²) in [5.41, 5.74) is 13.7. The summed E-state index contributed by atoms with van der Waals surface area (Å²) in [5.74, 6) is 0. The van der Waals surface area contributed by atoms with Crippen LogP contribution in [0.15, 0.2) is 196 Å². The van der Waals surface area contributed by atoms with Gasteiger partial charge in [-0.15, -0.1) is 0 Å². The molecule has 3 N–H and O–H groups in total. The van der Waals surface area contributed by atoms with Crippen molar-refractivity contribution in [1.29, 1.82) is 10.5 Å². The molecular formula is C96H97BCl3IN22O2. The van der Waals surface area contributed by atoms with Gasteiger partial charge in [-0.1, -0.05) is 96.2 Å². The number of aromatic amines is 1. The van der Waals surface area contributed by atoms with E-state index in [4.69, 9.17) is 57.3 Å². The Morgan fingerprint density at radius 1 is 0.496 bits per heavy atom. The Labute approximate surface area is 756 Å². The minimum absolute atomic E-state index is 0.202. The van der Waals surface area contributed by atoms with E-state index in [9.17, 15) is 10.5 Å². The van der Waals surface area contributed by atoms with Gasteiger partial charge in [0.25, 0.3) is 11.1 Å². The molecule has 9 saturated carbocycles. The Balaban J connectivity index is 0.000000102. The van der Waals surface area contributed by atoms with E-state index in [1.807, 2.05) is 116 Å². The molecule has 0 amide bonds. The highest BCUT2D eigenvalue weighted by atomic mass is 127. The Morgan fingerprint density at radius 2 is 0.920 bits per heavy atom. The average Bonchev–Trinajstić information content (AvgIpc) is 1.51. The number of nitrogens with zero attached hydrogens (tertiary/aromatic N) is 19. The number of aromatic nitrogens is 16. The molecule has 11 heterocycles. The molecule has 634 valence electrons. The first-order valence-corrected chi connectivity index (χ1v) is 45.3. The number of hydrogen-bond donors (Lipinski definition) is 3. The van der Waals surface area contributed by atoms with Crippen LogP contribution in [0.3, 0.4) is 0 Å². The largest absolute Gasteiger partial charge is 0.498 e. The molecule has 24 nitrogen and oxygen atoms in total. The van der Waals surface area contributed by atoms with Crippen molar-refractivity contribution in [3.8, 4) is 40.5 Å². The molecule has 10 aromatic heterocycles. The summed E-state index contributed by atoms with van der Waals surface area (Å²) < 4.78 is 22.4. The van der Waals surface area contributed by atoms with Crippen LogP contribution in [-0.2, 0) is 44.3 Å². The second-order valence-corrected chi connectivity index (χ2v) is 38.6. The van der Waals surface area contributed by atoms with Crippen molar-refractivity contribution in [1.82, 2.24) is 89.7 Å². The van der Waals surface area contributed by atoms with Crippen LogP contribution >= 0.6 is 57.4 Å². The van der Waals surface area contributed by atoms with Crippen LogP contribution in [-0.4, -0.2) is 124 Å². The standard InChI is InChI=1S/C23H20N6.2C18H13ClN4.C13H11N3.C11H19BN2O2.C8H18N2.C5H3ClIN/c1-2-28-13-17(12-26-28)20-10-19(5-8-25-20)29-21-9-18(4-3-16(21)11-27-29)23(15-24)14-22(23)6-7-22;1-20-18(11-17(18)5-6-17)13-3-2-12-10-22-23(15(12)8-13)14-4-7-21-16(19)9-14;19-16-8-14(3-6-21-16)23-15-7-13(2-1-12(15)9-22-23)18(11-20)10-17(18)4-5-17;1-14-13(8-12(13)4-5-12)10-3-2-9-7-15-16-11(9)6-10;1-6-14-8-9(7-13-14)12-15-10(2,3)11(4,5)16-12;1-9-7-5-3-4-6-8(7)10-2;6-5-3-4(7)1-2-8-5/h3-5,8-13H,2,6-7,14H2,1H3;2-4,7-10H,5-6,11H2;1-3,6-9H,4-5,10H2;2-3,6-7H,4-5,8H2,(H,15,16);7-8H,6H2,1-5H3;7-10H,3-6H2,1-2H3;1-3H/t23-;2*18-;13-;;7-,8-;/m0101.0./s1. The Morgan fingerprint density at radius 3 is 1.32 bits per heavy atom. The van der Waals surface area contributed by atoms with E-state index in [0.717, 1.165) is 136 Å². The number of nitriles is 2. The molecular weight excluding hydrogens is 1740 g/mol. The SMILES string of the molecule is CCn1cc(-c2cc(-n3ncc4ccc([C@@]5(C#N)CC56CC6)cc43)ccn2)cn1.CCn1cc(B2OC(C)(C)C(C)(C)O2)cn1.CN[C@H]1CCCC[C@@H]1NC.Clc1cc(I)ccn1.N#C[C@]1(c2ccc3cnn(-c4ccnc(Cl)c4)c3c2)CC12CC2.[C-]#[N+][C@@]1(c2ccc3cn[nH]c3c2)CC12CC2.[C-]#[N+][C@@]1(c2ccc3cnn(-c4ccnc(Cl)c4)c3c2)CC12CC2. The monoisotopic (exact) mass is 1830 g/mol. The molecule has 14 aromatic rings. The van der Waals surface area contributed by atoms with Gasteiger partial charge in [0, 0.05) is 141 Å². The topological polar surface area (TPSA) is 268 Å². The van der Waals surface area contributed by atoms with E-state index >= 15 is 0 Å². The summed E-state index contributed by atoms with van der Waals surface area (Å²) in [4.78, 5) is 24.3. The highest BCUT2D eigenvalue weighted by Crippen LogP contribution is 2.82. The molecule has 0 unspecified atom stereocenters. The van der Waals surface area contributed by atoms with Crippen LogP contribution < -0.4 is 16.1 Å². The molecule has 0 radical (unpaired) electrons. The number of rotatable bonds is 13. The lowest BCUT2D eigenvalue weighted by molar-refractivity contribution is 0.00578. The van der Waals surface area contributed by atoms with Crippen LogP contribution in [0.2, 0.25) is 15.5 Å². The van der Waals surface area contributed by atoms with Crippen molar-refractivity contribution < 1.29 is 9.31 Å². The summed E-state index contributed by atoms with van der Waals surface area (Å²) in [6, 6.07) is 46.9. The molecule has 24 rings (SSSR count). The smallest absolute Gasteiger partial charge is 0.399 e. The zero-order valence-electron chi connectivity index (χ0n) is 71.3. The second-order valence-electron chi connectivity index (χ2n) is 36.2. The van der Waals surface area contributed by atoms with Gasteiger partial charge in [0.05, 0.1) is 121 Å². The predicted molar refractivity (Wildman–Crippen MR) is 496 cm³/mol. The zero-order valence-corrected chi connectivity index (χ0v) is 75.7. The molecule has 10 fully saturated rings. The highest BCUT2D eigenvalue weighted by molar-refractivity contribution is 14.1. The molecule has 1 aliphatic heterocycles. The third-order valence-electron chi connectivity index (χ3n) is 28.6. The lowest BCUT2D eigenvalue weighted by Crippen LogP contribution is -2.47. The maximum atomic E-state index is 9.89. The molecule has 0 bridgehead atoms. The summed E-state index contributed by atoms with van der Waals surface area (Å²) in [6.07, 6.45) is 40.9. The Bertz CT molecular complexity index is 6410. The summed E-state index contributed by atoms with van der Waals surface area (Å²) in [5, 5.41) is 61.2. The van der Waals surface area contributed by atoms with Crippen molar-refractivity contribution in [2.24, 2.45) is 21.7 Å². The van der Waals surface area contributed by atoms with Gasteiger partial charge in [0.2, 0.25) is 0 Å². The molecule has 9 aliphatic carbocycles. The first-order valence-electron chi connectivity index (χ1n) is 43.1. The van der Waals surface area contributed by atoms with Crippen molar-refractivity contribution >= 4 is 114 Å².